The van der Waals surface area contributed by atoms with E-state index in [-0.39, 0.29) is 96.5 Å². The van der Waals surface area contributed by atoms with Crippen molar-refractivity contribution < 1.29 is 119 Å². The van der Waals surface area contributed by atoms with Gasteiger partial charge >= 0.3 is 0 Å². The fourth-order valence-corrected chi connectivity index (χ4v) is 23.1. The second-order valence-corrected chi connectivity index (χ2v) is 38.0. The number of fused-ring (bicyclic) bond motifs is 8. The number of rotatable bonds is 29. The van der Waals surface area contributed by atoms with Gasteiger partial charge in [0.1, 0.15) is 86.6 Å². The highest BCUT2D eigenvalue weighted by Gasteiger charge is 2.73. The van der Waals surface area contributed by atoms with E-state index in [1.807, 2.05) is 251 Å². The molecule has 6 aromatic heterocycles. The summed E-state index contributed by atoms with van der Waals surface area (Å²) in [5, 5.41) is 77.5. The van der Waals surface area contributed by atoms with Gasteiger partial charge in [-0.2, -0.15) is 0 Å². The second kappa shape index (κ2) is 39.6. The Bertz CT molecular complexity index is 5680. The van der Waals surface area contributed by atoms with Crippen molar-refractivity contribution in [2.75, 3.05) is 106 Å². The van der Waals surface area contributed by atoms with Crippen molar-refractivity contribution in [1.29, 1.82) is 0 Å². The molecule has 140 heavy (non-hydrogen) atoms. The number of methoxy groups -OCH3 is 5. The van der Waals surface area contributed by atoms with E-state index in [1.54, 1.807) is 40.6 Å². The molecule has 0 radical (unpaired) electrons. The Labute approximate surface area is 810 Å². The van der Waals surface area contributed by atoms with Gasteiger partial charge in [-0.25, -0.2) is 0 Å². The molecule has 5 aromatic carbocycles. The molecule has 740 valence electrons. The number of aliphatic hydroxyl groups excluding tert-OH is 5. The van der Waals surface area contributed by atoms with Crippen molar-refractivity contribution in [3.63, 3.8) is 0 Å². The quantitative estimate of drug-likeness (QED) is 0.0272. The number of aliphatic hydroxyl groups is 5. The van der Waals surface area contributed by atoms with Crippen LogP contribution >= 0.6 is 0 Å². The third-order valence-electron chi connectivity index (χ3n) is 29.0. The molecule has 14 heterocycles. The first-order valence-corrected chi connectivity index (χ1v) is 46.8. The van der Waals surface area contributed by atoms with E-state index >= 15 is 0 Å². The van der Waals surface area contributed by atoms with Crippen molar-refractivity contribution in [3.05, 3.63) is 314 Å². The molecule has 4 fully saturated rings. The molecule has 11 aromatic rings. The molecule has 23 rings (SSSR count). The maximum Gasteiger partial charge on any atom is 0.261 e. The molecule has 0 saturated carbocycles. The van der Waals surface area contributed by atoms with Crippen molar-refractivity contribution in [2.45, 2.75) is 166 Å². The normalized spacial score (nSPS) is 28.9. The van der Waals surface area contributed by atoms with Crippen molar-refractivity contribution >= 4 is 0 Å². The van der Waals surface area contributed by atoms with Gasteiger partial charge < -0.3 is 119 Å². The number of nitrogens with zero attached hydrogens (tertiary/aromatic N) is 10. The Morgan fingerprint density at radius 3 is 0.850 bits per heavy atom. The average Bonchev–Trinajstić information content (AvgIpc) is 1.53. The molecule has 4 saturated heterocycles. The molecule has 4 aliphatic carbocycles. The van der Waals surface area contributed by atoms with Crippen LogP contribution in [-0.4, -0.2) is 229 Å². The Kier molecular flexibility index (Phi) is 27.3. The molecule has 35 heteroatoms. The van der Waals surface area contributed by atoms with Crippen LogP contribution in [0.15, 0.2) is 251 Å². The fraction of sp³-hybridized carbons (Fsp3) is 0.438. The Morgan fingerprint density at radius 1 is 0.357 bits per heavy atom. The summed E-state index contributed by atoms with van der Waals surface area (Å²) in [7, 11) is 27.7. The largest absolute Gasteiger partial charge is 0.498 e. The lowest BCUT2D eigenvalue weighted by molar-refractivity contribution is -0.132. The van der Waals surface area contributed by atoms with Crippen LogP contribution in [0.25, 0.3) is 0 Å². The van der Waals surface area contributed by atoms with Crippen LogP contribution in [0.5, 0.6) is 35.1 Å². The summed E-state index contributed by atoms with van der Waals surface area (Å²) < 4.78 is 116. The molecule has 35 nitrogen and oxygen atoms in total. The van der Waals surface area contributed by atoms with Gasteiger partial charge in [-0.15, -0.1) is 6.58 Å². The Balaban J connectivity index is 0.000000111. The average molecular weight is 1920 g/mol. The van der Waals surface area contributed by atoms with E-state index in [0.29, 0.717) is 135 Å². The molecular weight excluding hydrogens is 1800 g/mol. The third kappa shape index (κ3) is 16.5. The van der Waals surface area contributed by atoms with E-state index in [4.69, 9.17) is 93.3 Å². The Hall–Kier alpha value is -12.4. The zero-order valence-corrected chi connectivity index (χ0v) is 80.8. The van der Waals surface area contributed by atoms with E-state index in [2.05, 4.69) is 52.0 Å². The fourth-order valence-electron chi connectivity index (χ4n) is 23.1. The number of likely N-dealkylation sites (N-methyl/N-ethyl adjacent to an activating group) is 1. The first-order chi connectivity index (χ1) is 67.8. The minimum atomic E-state index is -1.18. The zero-order valence-electron chi connectivity index (χ0n) is 80.8. The van der Waals surface area contributed by atoms with Crippen LogP contribution in [0.3, 0.4) is 0 Å². The molecule has 12 aliphatic rings. The van der Waals surface area contributed by atoms with Crippen molar-refractivity contribution in [1.82, 2.24) is 50.3 Å². The highest BCUT2D eigenvalue weighted by Crippen LogP contribution is 2.69. The molecule has 8 bridgehead atoms. The minimum absolute atomic E-state index is 0.00451. The standard InChI is InChI=1S/5C21H24N2O5/c4*1-23(2)17-14-9-13-10-15(25-3)21(14,27-13)19(24)16-18(17)28-22-20(16)26-11-12-7-5-4-6-8-12;1-5-15(23(2)3)19-17(18(24)20-16(25-4)11-12-26-20)21(22-28-19)27-13-14-9-7-6-8-10-14/h4*4-8,10,13-14,17,19,24H,9,11H2,1-3H3;5-12,15,18,24H,1,13H2,2-4H3/t13-,14+,17+,19+,21+;13-,14+,17+,19-,21+;13-,14-,17-,19+,21+;13-,14-,17-,19-,21+;15-,18?/m11000/s1. The highest BCUT2D eigenvalue weighted by molar-refractivity contribution is 5.52. The van der Waals surface area contributed by atoms with Gasteiger partial charge in [0.2, 0.25) is 0 Å². The summed E-state index contributed by atoms with van der Waals surface area (Å²) in [6, 6.07) is 49.9. The van der Waals surface area contributed by atoms with Gasteiger partial charge in [-0.05, 0) is 174 Å². The van der Waals surface area contributed by atoms with Gasteiger partial charge in [0, 0.05) is 29.7 Å². The van der Waals surface area contributed by atoms with Crippen LogP contribution in [0.1, 0.15) is 177 Å². The number of furan rings is 1. The number of hydrogen-bond acceptors (Lipinski definition) is 35. The molecular formula is C105H120N10O25. The monoisotopic (exact) mass is 1920 g/mol. The van der Waals surface area contributed by atoms with Crippen LogP contribution in [0.4, 0.5) is 0 Å². The number of benzene rings is 5. The van der Waals surface area contributed by atoms with Crippen LogP contribution in [0.2, 0.25) is 0 Å². The van der Waals surface area contributed by atoms with Crippen molar-refractivity contribution in [2.24, 2.45) is 23.7 Å². The van der Waals surface area contributed by atoms with E-state index in [9.17, 15) is 25.5 Å². The molecule has 5 N–H and O–H groups in total. The lowest BCUT2D eigenvalue weighted by atomic mass is 9.66. The minimum Gasteiger partial charge on any atom is -0.498 e. The van der Waals surface area contributed by atoms with Crippen LogP contribution in [0, 0.1) is 23.7 Å². The zero-order chi connectivity index (χ0) is 98.0. The topological polar surface area (TPSA) is 390 Å². The van der Waals surface area contributed by atoms with Gasteiger partial charge in [0.15, 0.2) is 62.7 Å². The first-order valence-electron chi connectivity index (χ1n) is 46.8. The van der Waals surface area contributed by atoms with Crippen molar-refractivity contribution in [3.8, 4) is 35.1 Å². The van der Waals surface area contributed by atoms with E-state index in [1.165, 1.54) is 13.4 Å². The lowest BCUT2D eigenvalue weighted by Gasteiger charge is -2.46. The van der Waals surface area contributed by atoms with Gasteiger partial charge in [-0.1, -0.05) is 158 Å². The van der Waals surface area contributed by atoms with E-state index in [0.717, 1.165) is 53.5 Å². The molecule has 4 spiro atoms. The van der Waals surface area contributed by atoms with Gasteiger partial charge in [0.05, 0.1) is 124 Å². The summed E-state index contributed by atoms with van der Waals surface area (Å²) in [6.45, 7) is 5.50. The molecule has 22 atom stereocenters. The molecule has 1 unspecified atom stereocenters. The second-order valence-electron chi connectivity index (χ2n) is 38.0. The van der Waals surface area contributed by atoms with Gasteiger partial charge in [0.25, 0.3) is 29.4 Å². The SMILES string of the molecule is C=C[C@@H](c1onc(OCc2ccccc2)c1C(O)c1occc1OC)N(C)C.COC1=C[C@@H]2C[C@H]3[C@H](N(C)C)c4onc(OCc5ccccc5)c4[C@@H](O)[C@]13O2.COC1=C[C@@H]2C[C@H]3[C@H](N(C)C)c4onc(OCc5ccccc5)c4[C@H](O)[C@]13O2.COC1=C[C@H]2C[C@H]3[C@H](N(C)C)c4onc(OCc5ccccc5)c4[C@@H](O)[C@@]13O2.COC1=C[C@H]2C[C@H]3[C@H](N(C)C)c4onc(OCc5ccccc5)c4[C@H](O)[C@@]13O2. The number of aromatic nitrogens is 5. The Morgan fingerprint density at radius 2 is 0.614 bits per heavy atom. The third-order valence-corrected chi connectivity index (χ3v) is 29.0. The molecule has 0 amide bonds. The van der Waals surface area contributed by atoms with Gasteiger partial charge in [-0.3, -0.25) is 24.5 Å². The van der Waals surface area contributed by atoms with Crippen LogP contribution in [-0.2, 0) is 70.9 Å². The summed E-state index contributed by atoms with van der Waals surface area (Å²) in [5.41, 5.74) is 3.88. The lowest BCUT2D eigenvalue weighted by Crippen LogP contribution is -2.51. The maximum absolute atomic E-state index is 11.4. The summed E-state index contributed by atoms with van der Waals surface area (Å²) in [4.78, 5) is 10.2. The first kappa shape index (κ1) is 96.4. The summed E-state index contributed by atoms with van der Waals surface area (Å²) in [6.07, 6.45) is 8.88. The van der Waals surface area contributed by atoms with Crippen LogP contribution < -0.4 is 28.4 Å². The number of hydrogen-bond donors (Lipinski definition) is 5. The maximum atomic E-state index is 11.4. The smallest absolute Gasteiger partial charge is 0.261 e. The van der Waals surface area contributed by atoms with E-state index < -0.39 is 52.9 Å². The number of ether oxygens (including phenoxy) is 14. The molecule has 8 aliphatic heterocycles. The predicted octanol–water partition coefficient (Wildman–Crippen LogP) is 14.1. The highest BCUT2D eigenvalue weighted by atomic mass is 16.6. The summed E-state index contributed by atoms with van der Waals surface area (Å²) in [5.74, 6) is 7.80. The predicted molar refractivity (Wildman–Crippen MR) is 501 cm³/mol. The summed E-state index contributed by atoms with van der Waals surface area (Å²) >= 11 is 0.